The smallest absolute Gasteiger partial charge is 0.00979 e. The molecule has 1 heteroatoms. The van der Waals surface area contributed by atoms with Gasteiger partial charge in [0.1, 0.15) is 0 Å². The Labute approximate surface area is 111 Å². The Kier molecular flexibility index (Phi) is 2.58. The van der Waals surface area contributed by atoms with Crippen molar-refractivity contribution in [3.63, 3.8) is 0 Å². The molecule has 17 heavy (non-hydrogen) atoms. The fourth-order valence-electron chi connectivity index (χ4n) is 6.74. The lowest BCUT2D eigenvalue weighted by Crippen LogP contribution is -2.35. The number of thiol groups is 1. The zero-order chi connectivity index (χ0) is 11.5. The first-order chi connectivity index (χ1) is 8.34. The molecule has 0 saturated heterocycles. The minimum atomic E-state index is 0.831. The summed E-state index contributed by atoms with van der Waals surface area (Å²) < 4.78 is 0. The van der Waals surface area contributed by atoms with Gasteiger partial charge in [0.2, 0.25) is 0 Å². The fourth-order valence-corrected chi connectivity index (χ4v) is 6.96. The van der Waals surface area contributed by atoms with Crippen molar-refractivity contribution in [2.24, 2.45) is 35.0 Å². The van der Waals surface area contributed by atoms with E-state index in [9.17, 15) is 0 Å². The number of rotatable bonds is 4. The molecule has 4 fully saturated rings. The maximum absolute atomic E-state index is 4.38. The van der Waals surface area contributed by atoms with Gasteiger partial charge in [-0.15, -0.1) is 0 Å². The number of hydrogen-bond acceptors (Lipinski definition) is 1. The molecule has 0 radical (unpaired) electrons. The minimum absolute atomic E-state index is 0.831. The van der Waals surface area contributed by atoms with Gasteiger partial charge < -0.3 is 0 Å². The third-order valence-electron chi connectivity index (χ3n) is 7.00. The second-order valence-electron chi connectivity index (χ2n) is 7.48. The first-order valence-electron chi connectivity index (χ1n) is 7.95. The Morgan fingerprint density at radius 2 is 1.88 bits per heavy atom. The molecule has 6 unspecified atom stereocenters. The number of fused-ring (bicyclic) bond motifs is 9. The zero-order valence-corrected chi connectivity index (χ0v) is 11.8. The van der Waals surface area contributed by atoms with Crippen LogP contribution in [-0.4, -0.2) is 5.75 Å². The highest BCUT2D eigenvalue weighted by atomic mass is 32.1. The molecule has 0 aromatic rings. The van der Waals surface area contributed by atoms with Crippen LogP contribution in [0.25, 0.3) is 0 Å². The summed E-state index contributed by atoms with van der Waals surface area (Å²) in [5.74, 6) is 6.96. The standard InChI is InChI=1S/C16H26S/c17-8-2-1-6-16-7-5-13(10-16)14-11-3-4-12(9-11)15(14)16/h11-15,17H,1-10H2. The highest BCUT2D eigenvalue weighted by Crippen LogP contribution is 2.73. The van der Waals surface area contributed by atoms with Crippen molar-refractivity contribution in [3.8, 4) is 0 Å². The van der Waals surface area contributed by atoms with Crippen molar-refractivity contribution in [1.29, 1.82) is 0 Å². The van der Waals surface area contributed by atoms with Crippen LogP contribution in [0.3, 0.4) is 0 Å². The van der Waals surface area contributed by atoms with Gasteiger partial charge in [-0.1, -0.05) is 6.42 Å². The van der Waals surface area contributed by atoms with E-state index in [0.717, 1.165) is 23.0 Å². The van der Waals surface area contributed by atoms with Crippen molar-refractivity contribution in [3.05, 3.63) is 0 Å². The van der Waals surface area contributed by atoms with Crippen molar-refractivity contribution in [2.75, 3.05) is 5.75 Å². The summed E-state index contributed by atoms with van der Waals surface area (Å²) >= 11 is 4.38. The molecule has 0 amide bonds. The van der Waals surface area contributed by atoms with E-state index in [4.69, 9.17) is 0 Å². The van der Waals surface area contributed by atoms with Crippen molar-refractivity contribution < 1.29 is 0 Å². The molecule has 0 spiro atoms. The average molecular weight is 250 g/mol. The Balaban J connectivity index is 1.55. The Morgan fingerprint density at radius 3 is 2.76 bits per heavy atom. The molecule has 4 rings (SSSR count). The van der Waals surface area contributed by atoms with Gasteiger partial charge in [-0.05, 0) is 92.1 Å². The van der Waals surface area contributed by atoms with Crippen molar-refractivity contribution >= 4 is 12.6 Å². The summed E-state index contributed by atoms with van der Waals surface area (Å²) in [5, 5.41) is 0. The third kappa shape index (κ3) is 1.44. The second-order valence-corrected chi connectivity index (χ2v) is 7.93. The van der Waals surface area contributed by atoms with Crippen LogP contribution in [0.15, 0.2) is 0 Å². The summed E-state index contributed by atoms with van der Waals surface area (Å²) in [7, 11) is 0. The van der Waals surface area contributed by atoms with E-state index < -0.39 is 0 Å². The van der Waals surface area contributed by atoms with E-state index in [0.29, 0.717) is 0 Å². The molecule has 4 saturated carbocycles. The predicted octanol–water partition coefficient (Wildman–Crippen LogP) is 4.55. The summed E-state index contributed by atoms with van der Waals surface area (Å²) in [5.41, 5.74) is 0.831. The van der Waals surface area contributed by atoms with Gasteiger partial charge in [-0.2, -0.15) is 12.6 Å². The van der Waals surface area contributed by atoms with Gasteiger partial charge >= 0.3 is 0 Å². The molecule has 0 aromatic carbocycles. The molecule has 0 heterocycles. The molecular weight excluding hydrogens is 224 g/mol. The molecule has 0 aromatic heterocycles. The van der Waals surface area contributed by atoms with Crippen LogP contribution in [0.2, 0.25) is 0 Å². The van der Waals surface area contributed by atoms with Gasteiger partial charge in [-0.3, -0.25) is 0 Å². The topological polar surface area (TPSA) is 0 Å². The largest absolute Gasteiger partial charge is 0.179 e. The van der Waals surface area contributed by atoms with E-state index in [2.05, 4.69) is 12.6 Å². The third-order valence-corrected chi connectivity index (χ3v) is 7.31. The van der Waals surface area contributed by atoms with Crippen molar-refractivity contribution in [1.82, 2.24) is 0 Å². The van der Waals surface area contributed by atoms with Crippen LogP contribution in [-0.2, 0) is 0 Å². The highest BCUT2D eigenvalue weighted by Gasteiger charge is 2.65. The maximum atomic E-state index is 4.38. The Bertz CT molecular complexity index is 313. The summed E-state index contributed by atoms with van der Waals surface area (Å²) in [6.07, 6.45) is 14.0. The lowest BCUT2D eigenvalue weighted by Gasteiger charge is -2.42. The molecule has 6 atom stereocenters. The highest BCUT2D eigenvalue weighted by molar-refractivity contribution is 7.80. The average Bonchev–Trinajstić information content (AvgIpc) is 3.07. The molecule has 4 aliphatic carbocycles. The fraction of sp³-hybridized carbons (Fsp3) is 1.00. The van der Waals surface area contributed by atoms with E-state index in [-0.39, 0.29) is 0 Å². The minimum Gasteiger partial charge on any atom is -0.179 e. The van der Waals surface area contributed by atoms with E-state index >= 15 is 0 Å². The van der Waals surface area contributed by atoms with Crippen molar-refractivity contribution in [2.45, 2.75) is 57.8 Å². The molecule has 0 nitrogen and oxygen atoms in total. The van der Waals surface area contributed by atoms with Crippen LogP contribution < -0.4 is 0 Å². The summed E-state index contributed by atoms with van der Waals surface area (Å²) in [6.45, 7) is 0. The van der Waals surface area contributed by atoms with E-state index in [1.165, 1.54) is 30.6 Å². The van der Waals surface area contributed by atoms with Crippen LogP contribution in [0.5, 0.6) is 0 Å². The first kappa shape index (κ1) is 11.2. The predicted molar refractivity (Wildman–Crippen MR) is 75.3 cm³/mol. The van der Waals surface area contributed by atoms with Crippen LogP contribution >= 0.6 is 12.6 Å². The Hall–Kier alpha value is 0.350. The number of hydrogen-bond donors (Lipinski definition) is 1. The molecular formula is C16H26S. The van der Waals surface area contributed by atoms with E-state index in [1.807, 2.05) is 0 Å². The lowest BCUT2D eigenvalue weighted by molar-refractivity contribution is 0.0671. The van der Waals surface area contributed by atoms with Gasteiger partial charge in [0.25, 0.3) is 0 Å². The van der Waals surface area contributed by atoms with E-state index in [1.54, 1.807) is 44.9 Å². The monoisotopic (exact) mass is 250 g/mol. The molecule has 0 N–H and O–H groups in total. The van der Waals surface area contributed by atoms with Crippen LogP contribution in [0.1, 0.15) is 57.8 Å². The first-order valence-corrected chi connectivity index (χ1v) is 8.58. The van der Waals surface area contributed by atoms with Gasteiger partial charge in [0.05, 0.1) is 0 Å². The SMILES string of the molecule is SCCCCC12CCC(C1)C1C3CCC(C3)C12. The lowest BCUT2D eigenvalue weighted by atomic mass is 9.63. The molecule has 4 bridgehead atoms. The Morgan fingerprint density at radius 1 is 1.00 bits per heavy atom. The second kappa shape index (κ2) is 3.92. The summed E-state index contributed by atoms with van der Waals surface area (Å²) in [6, 6.07) is 0. The van der Waals surface area contributed by atoms with Gasteiger partial charge in [-0.25, -0.2) is 0 Å². The summed E-state index contributed by atoms with van der Waals surface area (Å²) in [4.78, 5) is 0. The van der Waals surface area contributed by atoms with Crippen LogP contribution in [0, 0.1) is 35.0 Å². The van der Waals surface area contributed by atoms with Gasteiger partial charge in [0, 0.05) is 0 Å². The zero-order valence-electron chi connectivity index (χ0n) is 10.9. The quantitative estimate of drug-likeness (QED) is 0.422. The maximum Gasteiger partial charge on any atom is -0.00979 e. The van der Waals surface area contributed by atoms with Gasteiger partial charge in [0.15, 0.2) is 0 Å². The molecule has 96 valence electrons. The normalized spacial score (nSPS) is 54.5. The van der Waals surface area contributed by atoms with Crippen LogP contribution in [0.4, 0.5) is 0 Å². The number of unbranched alkanes of at least 4 members (excludes halogenated alkanes) is 1. The molecule has 4 aliphatic rings. The molecule has 0 aliphatic heterocycles.